The Hall–Kier alpha value is -2.77. The highest BCUT2D eigenvalue weighted by atomic mass is 32.2. The number of hydrogen-bond donors (Lipinski definition) is 1. The van der Waals surface area contributed by atoms with E-state index in [1.54, 1.807) is 73.8 Å². The Morgan fingerprint density at radius 3 is 2.18 bits per heavy atom. The lowest BCUT2D eigenvalue weighted by atomic mass is 10.1. The van der Waals surface area contributed by atoms with Gasteiger partial charge in [-0.25, -0.2) is 8.42 Å². The van der Waals surface area contributed by atoms with Gasteiger partial charge in [-0.1, -0.05) is 18.2 Å². The zero-order valence-corrected chi connectivity index (χ0v) is 16.8. The number of Topliss-reactive ketones (excluding diaryl/α,β-unsaturated/α-hetero) is 1. The van der Waals surface area contributed by atoms with Gasteiger partial charge in [0.15, 0.2) is 5.78 Å². The number of thioether (sulfide) groups is 1. The van der Waals surface area contributed by atoms with Crippen LogP contribution in [0.3, 0.4) is 0 Å². The van der Waals surface area contributed by atoms with E-state index in [-0.39, 0.29) is 10.7 Å². The molecule has 0 aliphatic heterocycles. The molecule has 3 rings (SSSR count). The van der Waals surface area contributed by atoms with Gasteiger partial charge < -0.3 is 4.74 Å². The van der Waals surface area contributed by atoms with Crippen LogP contribution in [-0.4, -0.2) is 27.1 Å². The molecule has 0 aromatic heterocycles. The highest BCUT2D eigenvalue weighted by molar-refractivity contribution is 8.00. The average molecular weight is 414 g/mol. The lowest BCUT2D eigenvalue weighted by molar-refractivity contribution is 0.102. The molecule has 0 saturated heterocycles. The second-order valence-corrected chi connectivity index (χ2v) is 8.61. The number of methoxy groups -OCH3 is 1. The van der Waals surface area contributed by atoms with Crippen LogP contribution in [0, 0.1) is 0 Å². The number of hydrogen-bond acceptors (Lipinski definition) is 5. The second-order valence-electron chi connectivity index (χ2n) is 5.88. The van der Waals surface area contributed by atoms with Crippen molar-refractivity contribution in [3.63, 3.8) is 0 Å². The van der Waals surface area contributed by atoms with Gasteiger partial charge in [0.2, 0.25) is 0 Å². The van der Waals surface area contributed by atoms with Crippen LogP contribution in [0.2, 0.25) is 0 Å². The Labute approximate surface area is 168 Å². The first-order valence-corrected chi connectivity index (χ1v) is 10.9. The van der Waals surface area contributed by atoms with E-state index in [1.165, 1.54) is 23.9 Å². The lowest BCUT2D eigenvalue weighted by Gasteiger charge is -2.09. The molecule has 28 heavy (non-hydrogen) atoms. The summed E-state index contributed by atoms with van der Waals surface area (Å²) in [6.07, 6.45) is 0. The van der Waals surface area contributed by atoms with Gasteiger partial charge in [-0.3, -0.25) is 9.52 Å². The standard InChI is InChI=1S/C21H19NO4S2/c1-26-18-11-7-16(8-12-18)21(23)15-27-19-13-9-17(10-14-19)22-28(24,25)20-5-3-2-4-6-20/h2-14,22H,15H2,1H3. The molecule has 0 amide bonds. The first-order chi connectivity index (χ1) is 13.5. The molecule has 0 unspecified atom stereocenters. The monoisotopic (exact) mass is 413 g/mol. The Balaban J connectivity index is 1.59. The summed E-state index contributed by atoms with van der Waals surface area (Å²) in [5.74, 6) is 1.01. The van der Waals surface area contributed by atoms with E-state index < -0.39 is 10.0 Å². The third-order valence-corrected chi connectivity index (χ3v) is 6.35. The molecule has 7 heteroatoms. The molecule has 0 saturated carbocycles. The van der Waals surface area contributed by atoms with E-state index in [2.05, 4.69) is 4.72 Å². The predicted molar refractivity (Wildman–Crippen MR) is 112 cm³/mol. The first kappa shape index (κ1) is 20.0. The minimum atomic E-state index is -3.61. The SMILES string of the molecule is COc1ccc(C(=O)CSc2ccc(NS(=O)(=O)c3ccccc3)cc2)cc1. The number of nitrogens with one attached hydrogen (secondary N) is 1. The topological polar surface area (TPSA) is 72.5 Å². The summed E-state index contributed by atoms with van der Waals surface area (Å²) in [4.78, 5) is 13.4. The molecule has 0 spiro atoms. The summed E-state index contributed by atoms with van der Waals surface area (Å²) < 4.78 is 32.3. The minimum absolute atomic E-state index is 0.0153. The molecule has 0 fully saturated rings. The van der Waals surface area contributed by atoms with Gasteiger partial charge >= 0.3 is 0 Å². The van der Waals surface area contributed by atoms with Crippen molar-refractivity contribution in [3.8, 4) is 5.75 Å². The van der Waals surface area contributed by atoms with Crippen molar-refractivity contribution in [2.45, 2.75) is 9.79 Å². The third kappa shape index (κ3) is 5.15. The fourth-order valence-electron chi connectivity index (χ4n) is 2.44. The highest BCUT2D eigenvalue weighted by Crippen LogP contribution is 2.23. The fraction of sp³-hybridized carbons (Fsp3) is 0.0952. The van der Waals surface area contributed by atoms with E-state index in [0.29, 0.717) is 22.8 Å². The van der Waals surface area contributed by atoms with E-state index >= 15 is 0 Å². The van der Waals surface area contributed by atoms with Crippen LogP contribution in [0.15, 0.2) is 88.7 Å². The minimum Gasteiger partial charge on any atom is -0.497 e. The van der Waals surface area contributed by atoms with Crippen LogP contribution in [0.5, 0.6) is 5.75 Å². The third-order valence-electron chi connectivity index (χ3n) is 3.94. The number of sulfonamides is 1. The molecule has 0 bridgehead atoms. The van der Waals surface area contributed by atoms with Crippen molar-refractivity contribution < 1.29 is 17.9 Å². The van der Waals surface area contributed by atoms with E-state index in [1.807, 2.05) is 0 Å². The molecule has 3 aromatic rings. The van der Waals surface area contributed by atoms with Gasteiger partial charge in [0.05, 0.1) is 17.8 Å². The Morgan fingerprint density at radius 1 is 0.929 bits per heavy atom. The zero-order valence-electron chi connectivity index (χ0n) is 15.2. The quantitative estimate of drug-likeness (QED) is 0.436. The van der Waals surface area contributed by atoms with Crippen molar-refractivity contribution in [2.75, 3.05) is 17.6 Å². The molecule has 5 nitrogen and oxygen atoms in total. The summed E-state index contributed by atoms with van der Waals surface area (Å²) >= 11 is 1.40. The number of anilines is 1. The predicted octanol–water partition coefficient (Wildman–Crippen LogP) is 4.47. The average Bonchev–Trinajstić information content (AvgIpc) is 2.73. The van der Waals surface area contributed by atoms with E-state index in [9.17, 15) is 13.2 Å². The Bertz CT molecular complexity index is 1030. The summed E-state index contributed by atoms with van der Waals surface area (Å²) in [6, 6.07) is 22.1. The number of rotatable bonds is 8. The molecule has 1 N–H and O–H groups in total. The Morgan fingerprint density at radius 2 is 1.57 bits per heavy atom. The van der Waals surface area contributed by atoms with Crippen LogP contribution in [0.1, 0.15) is 10.4 Å². The highest BCUT2D eigenvalue weighted by Gasteiger charge is 2.13. The molecule has 3 aromatic carbocycles. The van der Waals surface area contributed by atoms with Crippen molar-refractivity contribution >= 4 is 33.3 Å². The van der Waals surface area contributed by atoms with Gasteiger partial charge in [-0.15, -0.1) is 11.8 Å². The molecule has 0 aliphatic rings. The number of ether oxygens (including phenoxy) is 1. The van der Waals surface area contributed by atoms with Gasteiger partial charge in [0.25, 0.3) is 10.0 Å². The molecule has 0 heterocycles. The summed E-state index contributed by atoms with van der Waals surface area (Å²) in [5, 5.41) is 0. The van der Waals surface area contributed by atoms with Gasteiger partial charge in [-0.05, 0) is 60.7 Å². The largest absolute Gasteiger partial charge is 0.497 e. The normalized spacial score (nSPS) is 11.0. The number of benzene rings is 3. The number of carbonyl (C=O) groups excluding carboxylic acids is 1. The van der Waals surface area contributed by atoms with Crippen molar-refractivity contribution in [1.29, 1.82) is 0 Å². The van der Waals surface area contributed by atoms with Crippen LogP contribution >= 0.6 is 11.8 Å². The number of carbonyl (C=O) groups is 1. The summed E-state index contributed by atoms with van der Waals surface area (Å²) in [5.41, 5.74) is 1.09. The van der Waals surface area contributed by atoms with E-state index in [0.717, 1.165) is 4.90 Å². The van der Waals surface area contributed by atoms with Crippen molar-refractivity contribution in [3.05, 3.63) is 84.4 Å². The first-order valence-electron chi connectivity index (χ1n) is 8.46. The molecular formula is C21H19NO4S2. The van der Waals surface area contributed by atoms with Crippen LogP contribution in [0.4, 0.5) is 5.69 Å². The van der Waals surface area contributed by atoms with E-state index in [4.69, 9.17) is 4.74 Å². The lowest BCUT2D eigenvalue weighted by Crippen LogP contribution is -2.12. The van der Waals surface area contributed by atoms with Gasteiger partial charge in [-0.2, -0.15) is 0 Å². The molecule has 144 valence electrons. The van der Waals surface area contributed by atoms with Gasteiger partial charge in [0, 0.05) is 16.1 Å². The maximum Gasteiger partial charge on any atom is 0.261 e. The smallest absolute Gasteiger partial charge is 0.261 e. The second kappa shape index (κ2) is 8.95. The molecule has 0 radical (unpaired) electrons. The summed E-state index contributed by atoms with van der Waals surface area (Å²) in [7, 11) is -2.04. The van der Waals surface area contributed by atoms with Crippen molar-refractivity contribution in [2.24, 2.45) is 0 Å². The molecule has 0 atom stereocenters. The Kier molecular flexibility index (Phi) is 6.38. The van der Waals surface area contributed by atoms with Crippen LogP contribution in [-0.2, 0) is 10.0 Å². The number of ketones is 1. The maximum absolute atomic E-state index is 12.3. The van der Waals surface area contributed by atoms with Crippen LogP contribution in [0.25, 0.3) is 0 Å². The summed E-state index contributed by atoms with van der Waals surface area (Å²) in [6.45, 7) is 0. The van der Waals surface area contributed by atoms with Crippen LogP contribution < -0.4 is 9.46 Å². The fourth-order valence-corrected chi connectivity index (χ4v) is 4.31. The maximum atomic E-state index is 12.3. The molecule has 0 aliphatic carbocycles. The van der Waals surface area contributed by atoms with Crippen molar-refractivity contribution in [1.82, 2.24) is 0 Å². The molecular weight excluding hydrogens is 394 g/mol. The van der Waals surface area contributed by atoms with Gasteiger partial charge in [0.1, 0.15) is 5.75 Å². The zero-order chi connectivity index (χ0) is 20.0.